The van der Waals surface area contributed by atoms with Crippen LogP contribution in [-0.4, -0.2) is 12.0 Å². The average Bonchev–Trinajstić information content (AvgIpc) is 2.47. The number of aliphatic imine (C=N–C) groups is 1. The summed E-state index contributed by atoms with van der Waals surface area (Å²) in [6, 6.07) is 17.7. The fourth-order valence-electron chi connectivity index (χ4n) is 1.89. The van der Waals surface area contributed by atoms with Crippen LogP contribution in [0.1, 0.15) is 19.4 Å². The van der Waals surface area contributed by atoms with Crippen molar-refractivity contribution in [3.8, 4) is 0 Å². The third-order valence-corrected chi connectivity index (χ3v) is 2.79. The van der Waals surface area contributed by atoms with Crippen molar-refractivity contribution in [2.24, 2.45) is 4.99 Å². The van der Waals surface area contributed by atoms with Crippen molar-refractivity contribution < 1.29 is 4.79 Å². The molecule has 0 radical (unpaired) electrons. The van der Waals surface area contributed by atoms with Crippen LogP contribution in [0.25, 0.3) is 0 Å². The summed E-state index contributed by atoms with van der Waals surface area (Å²) in [5.41, 5.74) is 3.71. The van der Waals surface area contributed by atoms with Gasteiger partial charge in [-0.2, -0.15) is 0 Å². The summed E-state index contributed by atoms with van der Waals surface area (Å²) in [7, 11) is 0. The second-order valence-corrected chi connectivity index (χ2v) is 4.78. The van der Waals surface area contributed by atoms with Gasteiger partial charge in [-0.1, -0.05) is 30.3 Å². The van der Waals surface area contributed by atoms with Crippen molar-refractivity contribution in [3.63, 3.8) is 0 Å². The van der Waals surface area contributed by atoms with Gasteiger partial charge in [0.05, 0.1) is 5.69 Å². The SMILES string of the molecule is CC(=O)C=C(C)Nc1ccc(N=Cc2ccccc2)cc1. The monoisotopic (exact) mass is 278 g/mol. The zero-order valence-electron chi connectivity index (χ0n) is 12.2. The zero-order chi connectivity index (χ0) is 15.1. The Bertz CT molecular complexity index is 655. The van der Waals surface area contributed by atoms with Crippen molar-refractivity contribution in [2.75, 3.05) is 5.32 Å². The molecule has 2 aromatic rings. The second-order valence-electron chi connectivity index (χ2n) is 4.78. The fourth-order valence-corrected chi connectivity index (χ4v) is 1.89. The highest BCUT2D eigenvalue weighted by Crippen LogP contribution is 2.17. The maximum atomic E-state index is 11.0. The molecule has 21 heavy (non-hydrogen) atoms. The van der Waals surface area contributed by atoms with Crippen LogP contribution < -0.4 is 5.32 Å². The molecule has 0 heterocycles. The number of carbonyl (C=O) groups is 1. The molecule has 2 rings (SSSR count). The van der Waals surface area contributed by atoms with Crippen molar-refractivity contribution in [3.05, 3.63) is 71.9 Å². The van der Waals surface area contributed by atoms with E-state index in [1.807, 2.05) is 67.7 Å². The number of anilines is 1. The van der Waals surface area contributed by atoms with Crippen molar-refractivity contribution in [2.45, 2.75) is 13.8 Å². The normalized spacial score (nSPS) is 11.6. The number of allylic oxidation sites excluding steroid dienone is 2. The summed E-state index contributed by atoms with van der Waals surface area (Å²) in [6.07, 6.45) is 3.41. The fraction of sp³-hybridized carbons (Fsp3) is 0.111. The Hall–Kier alpha value is -2.68. The van der Waals surface area contributed by atoms with E-state index in [2.05, 4.69) is 10.3 Å². The van der Waals surface area contributed by atoms with E-state index >= 15 is 0 Å². The van der Waals surface area contributed by atoms with Crippen LogP contribution in [0.4, 0.5) is 11.4 Å². The van der Waals surface area contributed by atoms with Gasteiger partial charge >= 0.3 is 0 Å². The van der Waals surface area contributed by atoms with Gasteiger partial charge in [-0.05, 0) is 49.8 Å². The number of rotatable bonds is 5. The minimum absolute atomic E-state index is 0.0316. The van der Waals surface area contributed by atoms with Gasteiger partial charge in [0.15, 0.2) is 5.78 Å². The van der Waals surface area contributed by atoms with E-state index in [0.717, 1.165) is 22.6 Å². The standard InChI is InChI=1S/C18H18N2O/c1-14(12-15(2)21)20-18-10-8-17(9-11-18)19-13-16-6-4-3-5-7-16/h3-13,20H,1-2H3. The van der Waals surface area contributed by atoms with Gasteiger partial charge < -0.3 is 5.32 Å². The first-order chi connectivity index (χ1) is 10.1. The Morgan fingerprint density at radius 1 is 1.00 bits per heavy atom. The molecular formula is C18H18N2O. The van der Waals surface area contributed by atoms with E-state index in [4.69, 9.17) is 0 Å². The Balaban J connectivity index is 2.02. The van der Waals surface area contributed by atoms with Crippen LogP contribution in [-0.2, 0) is 4.79 Å². The Labute approximate surface area is 125 Å². The number of nitrogens with one attached hydrogen (secondary N) is 1. The number of hydrogen-bond donors (Lipinski definition) is 1. The maximum absolute atomic E-state index is 11.0. The summed E-state index contributed by atoms with van der Waals surface area (Å²) >= 11 is 0. The van der Waals surface area contributed by atoms with Gasteiger partial charge in [0.1, 0.15) is 0 Å². The predicted octanol–water partition coefficient (Wildman–Crippen LogP) is 4.34. The highest BCUT2D eigenvalue weighted by Gasteiger charge is 1.95. The minimum atomic E-state index is 0.0316. The van der Waals surface area contributed by atoms with Gasteiger partial charge in [-0.15, -0.1) is 0 Å². The minimum Gasteiger partial charge on any atom is -0.359 e. The van der Waals surface area contributed by atoms with Crippen LogP contribution >= 0.6 is 0 Å². The summed E-state index contributed by atoms with van der Waals surface area (Å²) < 4.78 is 0. The van der Waals surface area contributed by atoms with Crippen LogP contribution in [0, 0.1) is 0 Å². The van der Waals surface area contributed by atoms with Gasteiger partial charge in [0.25, 0.3) is 0 Å². The van der Waals surface area contributed by atoms with Gasteiger partial charge in [0.2, 0.25) is 0 Å². The largest absolute Gasteiger partial charge is 0.359 e. The first-order valence-electron chi connectivity index (χ1n) is 6.78. The van der Waals surface area contributed by atoms with Gasteiger partial charge in [-0.3, -0.25) is 9.79 Å². The summed E-state index contributed by atoms with van der Waals surface area (Å²) in [5.74, 6) is 0.0316. The molecule has 0 saturated carbocycles. The van der Waals surface area contributed by atoms with Crippen molar-refractivity contribution >= 4 is 23.4 Å². The number of hydrogen-bond acceptors (Lipinski definition) is 3. The molecule has 3 heteroatoms. The number of nitrogens with zero attached hydrogens (tertiary/aromatic N) is 1. The van der Waals surface area contributed by atoms with Crippen LogP contribution in [0.15, 0.2) is 71.4 Å². The third kappa shape index (κ3) is 5.07. The second kappa shape index (κ2) is 7.20. The lowest BCUT2D eigenvalue weighted by Crippen LogP contribution is -1.97. The summed E-state index contributed by atoms with van der Waals surface area (Å²) in [5, 5.41) is 3.16. The molecule has 0 fully saturated rings. The average molecular weight is 278 g/mol. The molecule has 0 atom stereocenters. The molecule has 0 aliphatic heterocycles. The van der Waals surface area contributed by atoms with Crippen LogP contribution in [0.5, 0.6) is 0 Å². The lowest BCUT2D eigenvalue weighted by atomic mass is 10.2. The highest BCUT2D eigenvalue weighted by molar-refractivity contribution is 5.88. The smallest absolute Gasteiger partial charge is 0.154 e. The molecule has 0 aliphatic rings. The molecule has 3 nitrogen and oxygen atoms in total. The Morgan fingerprint density at radius 2 is 1.67 bits per heavy atom. The van der Waals surface area contributed by atoms with Gasteiger partial charge in [0, 0.05) is 17.6 Å². The molecule has 106 valence electrons. The topological polar surface area (TPSA) is 41.5 Å². The predicted molar refractivity (Wildman–Crippen MR) is 88.2 cm³/mol. The zero-order valence-corrected chi connectivity index (χ0v) is 12.2. The molecular weight excluding hydrogens is 260 g/mol. The highest BCUT2D eigenvalue weighted by atomic mass is 16.1. The van der Waals surface area contributed by atoms with E-state index in [1.165, 1.54) is 6.92 Å². The third-order valence-electron chi connectivity index (χ3n) is 2.79. The molecule has 0 unspecified atom stereocenters. The molecule has 0 aromatic heterocycles. The number of ketones is 1. The number of benzene rings is 2. The van der Waals surface area contributed by atoms with Crippen LogP contribution in [0.2, 0.25) is 0 Å². The number of carbonyl (C=O) groups excluding carboxylic acids is 1. The van der Waals surface area contributed by atoms with Crippen molar-refractivity contribution in [1.82, 2.24) is 0 Å². The van der Waals surface area contributed by atoms with Crippen LogP contribution in [0.3, 0.4) is 0 Å². The first-order valence-corrected chi connectivity index (χ1v) is 6.78. The summed E-state index contributed by atoms with van der Waals surface area (Å²) in [4.78, 5) is 15.4. The quantitative estimate of drug-likeness (QED) is 0.653. The van der Waals surface area contributed by atoms with E-state index in [1.54, 1.807) is 6.08 Å². The van der Waals surface area contributed by atoms with E-state index < -0.39 is 0 Å². The Kier molecular flexibility index (Phi) is 5.04. The van der Waals surface area contributed by atoms with Gasteiger partial charge in [-0.25, -0.2) is 0 Å². The molecule has 1 N–H and O–H groups in total. The summed E-state index contributed by atoms with van der Waals surface area (Å²) in [6.45, 7) is 3.40. The van der Waals surface area contributed by atoms with E-state index in [-0.39, 0.29) is 5.78 Å². The molecule has 0 spiro atoms. The molecule has 0 bridgehead atoms. The van der Waals surface area contributed by atoms with E-state index in [9.17, 15) is 4.79 Å². The lowest BCUT2D eigenvalue weighted by molar-refractivity contribution is -0.112. The lowest BCUT2D eigenvalue weighted by Gasteiger charge is -2.06. The molecule has 0 aliphatic carbocycles. The molecule has 0 saturated heterocycles. The Morgan fingerprint density at radius 3 is 2.29 bits per heavy atom. The molecule has 0 amide bonds. The molecule has 2 aromatic carbocycles. The van der Waals surface area contributed by atoms with Crippen molar-refractivity contribution in [1.29, 1.82) is 0 Å². The maximum Gasteiger partial charge on any atom is 0.154 e. The first kappa shape index (κ1) is 14.7. The van der Waals surface area contributed by atoms with E-state index in [0.29, 0.717) is 0 Å².